The molecule has 0 saturated carbocycles. The zero-order chi connectivity index (χ0) is 27.3. The fraction of sp³-hybridized carbons (Fsp3) is 0.308. The summed E-state index contributed by atoms with van der Waals surface area (Å²) in [6, 6.07) is 10.8. The number of carbonyl (C=O) groups excluding carboxylic acids is 3. The molecule has 0 aliphatic carbocycles. The van der Waals surface area contributed by atoms with Gasteiger partial charge < -0.3 is 21.5 Å². The summed E-state index contributed by atoms with van der Waals surface area (Å²) in [4.78, 5) is 40.6. The molecule has 0 spiro atoms. The third kappa shape index (κ3) is 6.23. The molecular formula is C26H30FN5O4S. The van der Waals surface area contributed by atoms with Crippen molar-refractivity contribution >= 4 is 40.6 Å². The molecule has 1 heterocycles. The van der Waals surface area contributed by atoms with E-state index in [1.807, 2.05) is 27.7 Å². The number of carbonyl (C=O) groups is 3. The van der Waals surface area contributed by atoms with Crippen LogP contribution in [-0.2, 0) is 4.79 Å². The molecule has 2 aromatic carbocycles. The summed E-state index contributed by atoms with van der Waals surface area (Å²) in [5, 5.41) is 2.98. The normalized spacial score (nSPS) is 12.0. The Hall–Kier alpha value is -3.99. The Kier molecular flexibility index (Phi) is 8.49. The van der Waals surface area contributed by atoms with E-state index in [4.69, 9.17) is 16.2 Å². The lowest BCUT2D eigenvalue weighted by Crippen LogP contribution is -2.50. The standard InChI is InChI=1S/C26H30FN5O4S/c1-5-26(3,4)30-24(34)21(15-10-12-18(13-11-15)36-6-2)32(17-9-7-8-16(27)14-17)25(35)22-19(28)20(23(29)33)31-37-22/h7-14,21H,5-6,28H2,1-4H3,(H2,29,33)(H,30,34)/t21-/m0/s1. The number of hydrogen-bond donors (Lipinski definition) is 3. The van der Waals surface area contributed by atoms with E-state index < -0.39 is 35.1 Å². The van der Waals surface area contributed by atoms with Gasteiger partial charge in [0.2, 0.25) is 5.91 Å². The minimum atomic E-state index is -1.23. The average molecular weight is 528 g/mol. The number of aromatic nitrogens is 1. The number of nitrogens with two attached hydrogens (primary N) is 2. The van der Waals surface area contributed by atoms with Crippen molar-refractivity contribution in [2.75, 3.05) is 17.2 Å². The second-order valence-corrected chi connectivity index (χ2v) is 9.70. The highest BCUT2D eigenvalue weighted by Crippen LogP contribution is 2.34. The molecule has 37 heavy (non-hydrogen) atoms. The second-order valence-electron chi connectivity index (χ2n) is 8.92. The first-order chi connectivity index (χ1) is 17.5. The predicted molar refractivity (Wildman–Crippen MR) is 141 cm³/mol. The van der Waals surface area contributed by atoms with E-state index in [2.05, 4.69) is 9.69 Å². The van der Waals surface area contributed by atoms with E-state index in [0.717, 1.165) is 11.0 Å². The Balaban J connectivity index is 2.22. The van der Waals surface area contributed by atoms with Gasteiger partial charge in [-0.25, -0.2) is 4.39 Å². The first kappa shape index (κ1) is 27.6. The number of ether oxygens (including phenoxy) is 1. The van der Waals surface area contributed by atoms with Gasteiger partial charge in [-0.15, -0.1) is 0 Å². The van der Waals surface area contributed by atoms with Crippen LogP contribution in [-0.4, -0.2) is 34.2 Å². The number of nitrogens with zero attached hydrogens (tertiary/aromatic N) is 2. The Morgan fingerprint density at radius 1 is 1.16 bits per heavy atom. The van der Waals surface area contributed by atoms with Crippen LogP contribution in [0.4, 0.5) is 15.8 Å². The van der Waals surface area contributed by atoms with Crippen molar-refractivity contribution in [1.82, 2.24) is 9.69 Å². The van der Waals surface area contributed by atoms with E-state index >= 15 is 0 Å². The van der Waals surface area contributed by atoms with Gasteiger partial charge in [0.15, 0.2) is 5.69 Å². The Morgan fingerprint density at radius 2 is 1.84 bits per heavy atom. The summed E-state index contributed by atoms with van der Waals surface area (Å²) in [7, 11) is 0. The first-order valence-corrected chi connectivity index (χ1v) is 12.4. The number of anilines is 2. The second kappa shape index (κ2) is 11.4. The number of nitrogen functional groups attached to an aromatic ring is 1. The summed E-state index contributed by atoms with van der Waals surface area (Å²) < 4.78 is 23.8. The maximum atomic E-state index is 14.4. The minimum Gasteiger partial charge on any atom is -0.494 e. The van der Waals surface area contributed by atoms with Crippen LogP contribution in [0.25, 0.3) is 0 Å². The van der Waals surface area contributed by atoms with E-state index in [0.29, 0.717) is 35.9 Å². The summed E-state index contributed by atoms with van der Waals surface area (Å²) in [5.41, 5.74) is 10.9. The SMILES string of the molecule is CCOc1ccc([C@@H](C(=O)NC(C)(C)CC)N(C(=O)c2snc(C(N)=O)c2N)c2cccc(F)c2)cc1. The molecule has 0 radical (unpaired) electrons. The number of benzene rings is 2. The quantitative estimate of drug-likeness (QED) is 0.363. The van der Waals surface area contributed by atoms with Gasteiger partial charge in [-0.05, 0) is 74.6 Å². The predicted octanol–water partition coefficient (Wildman–Crippen LogP) is 4.05. The third-order valence-corrected chi connectivity index (χ3v) is 6.67. The van der Waals surface area contributed by atoms with Gasteiger partial charge in [-0.1, -0.05) is 25.1 Å². The molecule has 1 aromatic heterocycles. The summed E-state index contributed by atoms with van der Waals surface area (Å²) >= 11 is 0.678. The maximum Gasteiger partial charge on any atom is 0.273 e. The van der Waals surface area contributed by atoms with Crippen molar-refractivity contribution in [3.63, 3.8) is 0 Å². The lowest BCUT2D eigenvalue weighted by molar-refractivity contribution is -0.124. The number of primary amides is 1. The Morgan fingerprint density at radius 3 is 2.38 bits per heavy atom. The lowest BCUT2D eigenvalue weighted by atomic mass is 9.98. The van der Waals surface area contributed by atoms with Crippen LogP contribution in [0.2, 0.25) is 0 Å². The van der Waals surface area contributed by atoms with E-state index in [1.54, 1.807) is 24.3 Å². The molecule has 1 atom stereocenters. The molecule has 0 saturated heterocycles. The van der Waals surface area contributed by atoms with Crippen LogP contribution in [0.1, 0.15) is 65.9 Å². The lowest BCUT2D eigenvalue weighted by Gasteiger charge is -2.34. The van der Waals surface area contributed by atoms with Gasteiger partial charge >= 0.3 is 0 Å². The summed E-state index contributed by atoms with van der Waals surface area (Å²) in [6.45, 7) is 7.94. The number of rotatable bonds is 10. The zero-order valence-electron chi connectivity index (χ0n) is 21.1. The highest BCUT2D eigenvalue weighted by molar-refractivity contribution is 7.09. The molecule has 3 aromatic rings. The average Bonchev–Trinajstić information content (AvgIpc) is 3.24. The molecular weight excluding hydrogens is 497 g/mol. The topological polar surface area (TPSA) is 141 Å². The van der Waals surface area contributed by atoms with Crippen molar-refractivity contribution in [2.24, 2.45) is 5.73 Å². The molecule has 0 fully saturated rings. The molecule has 9 nitrogen and oxygen atoms in total. The van der Waals surface area contributed by atoms with Crippen LogP contribution in [0.15, 0.2) is 48.5 Å². The molecule has 3 rings (SSSR count). The fourth-order valence-electron chi connectivity index (χ4n) is 3.57. The third-order valence-electron chi connectivity index (χ3n) is 5.82. The monoisotopic (exact) mass is 527 g/mol. The zero-order valence-corrected chi connectivity index (χ0v) is 21.9. The van der Waals surface area contributed by atoms with Crippen molar-refractivity contribution in [1.29, 1.82) is 0 Å². The number of hydrogen-bond acceptors (Lipinski definition) is 7. The van der Waals surface area contributed by atoms with Gasteiger partial charge in [0.25, 0.3) is 11.8 Å². The fourth-order valence-corrected chi connectivity index (χ4v) is 4.31. The van der Waals surface area contributed by atoms with Crippen molar-refractivity contribution in [3.05, 3.63) is 70.5 Å². The Labute approximate surface area is 218 Å². The summed E-state index contributed by atoms with van der Waals surface area (Å²) in [6.07, 6.45) is 0.617. The van der Waals surface area contributed by atoms with E-state index in [1.165, 1.54) is 18.2 Å². The van der Waals surface area contributed by atoms with Crippen molar-refractivity contribution in [3.8, 4) is 5.75 Å². The van der Waals surface area contributed by atoms with Crippen LogP contribution in [0, 0.1) is 5.82 Å². The molecule has 11 heteroatoms. The van der Waals surface area contributed by atoms with Crippen LogP contribution >= 0.6 is 11.5 Å². The summed E-state index contributed by atoms with van der Waals surface area (Å²) in [5.74, 6) is -2.15. The van der Waals surface area contributed by atoms with Gasteiger partial charge in [0.1, 0.15) is 22.5 Å². The van der Waals surface area contributed by atoms with Gasteiger partial charge in [-0.2, -0.15) is 4.37 Å². The highest BCUT2D eigenvalue weighted by atomic mass is 32.1. The number of halogens is 1. The first-order valence-electron chi connectivity index (χ1n) is 11.7. The van der Waals surface area contributed by atoms with Crippen molar-refractivity contribution < 1.29 is 23.5 Å². The maximum absolute atomic E-state index is 14.4. The number of nitrogens with one attached hydrogen (secondary N) is 1. The van der Waals surface area contributed by atoms with E-state index in [9.17, 15) is 18.8 Å². The molecule has 0 aliphatic rings. The van der Waals surface area contributed by atoms with Gasteiger partial charge in [0.05, 0.1) is 12.3 Å². The van der Waals surface area contributed by atoms with E-state index in [-0.39, 0.29) is 21.9 Å². The van der Waals surface area contributed by atoms with Crippen LogP contribution in [0.5, 0.6) is 5.75 Å². The van der Waals surface area contributed by atoms with Crippen LogP contribution in [0.3, 0.4) is 0 Å². The molecule has 0 bridgehead atoms. The molecule has 196 valence electrons. The molecule has 5 N–H and O–H groups in total. The van der Waals surface area contributed by atoms with Crippen molar-refractivity contribution in [2.45, 2.75) is 45.7 Å². The van der Waals surface area contributed by atoms with Crippen LogP contribution < -0.4 is 26.4 Å². The van der Waals surface area contributed by atoms with Gasteiger partial charge in [-0.3, -0.25) is 19.3 Å². The Bertz CT molecular complexity index is 1290. The van der Waals surface area contributed by atoms with Gasteiger partial charge in [0, 0.05) is 11.2 Å². The molecule has 0 aliphatic heterocycles. The largest absolute Gasteiger partial charge is 0.494 e. The molecule has 3 amide bonds. The highest BCUT2D eigenvalue weighted by Gasteiger charge is 2.37. The molecule has 0 unspecified atom stereocenters. The minimum absolute atomic E-state index is 0.100. The number of amides is 3. The smallest absolute Gasteiger partial charge is 0.273 e.